The van der Waals surface area contributed by atoms with Crippen LogP contribution >= 0.6 is 11.8 Å². The van der Waals surface area contributed by atoms with Crippen LogP contribution in [0.4, 0.5) is 0 Å². The van der Waals surface area contributed by atoms with Gasteiger partial charge in [-0.15, -0.1) is 11.8 Å². The Morgan fingerprint density at radius 2 is 1.60 bits per heavy atom. The maximum atomic E-state index is 5.28. The molecular weight excluding hydrogens is 665 g/mol. The number of aliphatic imine (C=N–C) groups is 1. The number of nitrogens with zero attached hydrogens (tertiary/aromatic N) is 4. The summed E-state index contributed by atoms with van der Waals surface area (Å²) in [4.78, 5) is 20.8. The first-order valence-corrected chi connectivity index (χ1v) is 19.4. The number of hydrogen-bond acceptors (Lipinski definition) is 5. The van der Waals surface area contributed by atoms with Gasteiger partial charge in [0.2, 0.25) is 0 Å². The Labute approximate surface area is 316 Å². The van der Waals surface area contributed by atoms with Crippen LogP contribution < -0.4 is 0 Å². The van der Waals surface area contributed by atoms with Crippen LogP contribution in [0.1, 0.15) is 54.4 Å². The number of thioether (sulfide) groups is 1. The lowest BCUT2D eigenvalue weighted by Gasteiger charge is -2.17. The zero-order valence-electron chi connectivity index (χ0n) is 30.2. The average molecular weight is 707 g/mol. The minimum atomic E-state index is 0.140. The van der Waals surface area contributed by atoms with Gasteiger partial charge < -0.3 is 0 Å². The molecule has 0 amide bonds. The molecule has 0 bridgehead atoms. The molecule has 260 valence electrons. The minimum absolute atomic E-state index is 0.140. The molecule has 0 saturated carbocycles. The lowest BCUT2D eigenvalue weighted by atomic mass is 9.89. The monoisotopic (exact) mass is 706 g/mol. The number of rotatable bonds is 9. The Kier molecular flexibility index (Phi) is 10.4. The molecule has 0 N–H and O–H groups in total. The highest BCUT2D eigenvalue weighted by molar-refractivity contribution is 8.00. The van der Waals surface area contributed by atoms with Gasteiger partial charge in [-0.05, 0) is 109 Å². The molecule has 4 nitrogen and oxygen atoms in total. The van der Waals surface area contributed by atoms with Gasteiger partial charge in [0.25, 0.3) is 0 Å². The van der Waals surface area contributed by atoms with Crippen molar-refractivity contribution in [1.29, 1.82) is 0 Å². The maximum absolute atomic E-state index is 5.28. The van der Waals surface area contributed by atoms with Crippen molar-refractivity contribution < 1.29 is 0 Å². The summed E-state index contributed by atoms with van der Waals surface area (Å²) < 4.78 is 0. The van der Waals surface area contributed by atoms with Crippen molar-refractivity contribution >= 4 is 56.3 Å². The summed E-state index contributed by atoms with van der Waals surface area (Å²) in [6.07, 6.45) is 20.4. The molecule has 1 aliphatic heterocycles. The molecule has 4 aromatic carbocycles. The smallest absolute Gasteiger partial charge is 0.0967 e. The zero-order chi connectivity index (χ0) is 36.0. The predicted molar refractivity (Wildman–Crippen MR) is 226 cm³/mol. The molecule has 0 saturated heterocycles. The maximum Gasteiger partial charge on any atom is 0.0967 e. The van der Waals surface area contributed by atoms with Gasteiger partial charge >= 0.3 is 0 Å². The number of benzene rings is 4. The second-order valence-electron chi connectivity index (χ2n) is 13.8. The summed E-state index contributed by atoms with van der Waals surface area (Å²) in [5.41, 5.74) is 11.1. The fourth-order valence-corrected chi connectivity index (χ4v) is 8.43. The average Bonchev–Trinajstić information content (AvgIpc) is 3.20. The molecule has 0 spiro atoms. The van der Waals surface area contributed by atoms with Crippen LogP contribution in [0.3, 0.4) is 0 Å². The van der Waals surface area contributed by atoms with Crippen LogP contribution in [-0.4, -0.2) is 26.4 Å². The number of allylic oxidation sites excluding steroid dienone is 5. The van der Waals surface area contributed by atoms with Crippen molar-refractivity contribution in [1.82, 2.24) is 15.0 Å². The van der Waals surface area contributed by atoms with E-state index in [1.807, 2.05) is 54.8 Å². The SMILES string of the molecule is Cc1ccccc1SC(C)CCCc1cc2ccccc2nc1-c1cccc(C2=CN=C/C=C\CC(c3cc4cccnc4c4ncccc34)C=C2)c1. The van der Waals surface area contributed by atoms with Gasteiger partial charge in [-0.1, -0.05) is 91.9 Å². The Morgan fingerprint density at radius 3 is 2.53 bits per heavy atom. The fraction of sp³-hybridized carbons (Fsp3) is 0.167. The fourth-order valence-electron chi connectivity index (χ4n) is 7.30. The number of aromatic nitrogens is 3. The third-order valence-electron chi connectivity index (χ3n) is 10.1. The molecule has 2 atom stereocenters. The number of pyridine rings is 3. The summed E-state index contributed by atoms with van der Waals surface area (Å²) in [5, 5.41) is 3.95. The van der Waals surface area contributed by atoms with Gasteiger partial charge in [-0.3, -0.25) is 15.0 Å². The largest absolute Gasteiger partial charge is 0.264 e. The van der Waals surface area contributed by atoms with E-state index in [2.05, 4.69) is 139 Å². The van der Waals surface area contributed by atoms with Crippen molar-refractivity contribution in [3.8, 4) is 11.3 Å². The topological polar surface area (TPSA) is 51.0 Å². The molecular formula is C48H42N4S. The van der Waals surface area contributed by atoms with E-state index in [4.69, 9.17) is 9.97 Å². The summed E-state index contributed by atoms with van der Waals surface area (Å²) in [5.74, 6) is 0.140. The molecule has 0 aliphatic carbocycles. The van der Waals surface area contributed by atoms with Crippen molar-refractivity contribution in [2.24, 2.45) is 4.99 Å². The molecule has 4 heterocycles. The van der Waals surface area contributed by atoms with E-state index in [-0.39, 0.29) is 5.92 Å². The van der Waals surface area contributed by atoms with Crippen LogP contribution in [0.15, 0.2) is 162 Å². The molecule has 8 rings (SSSR count). The van der Waals surface area contributed by atoms with Crippen molar-refractivity contribution in [2.75, 3.05) is 0 Å². The molecule has 0 radical (unpaired) electrons. The lowest BCUT2D eigenvalue weighted by molar-refractivity contribution is 0.729. The van der Waals surface area contributed by atoms with E-state index >= 15 is 0 Å². The quantitative estimate of drug-likeness (QED) is 0.111. The van der Waals surface area contributed by atoms with Crippen LogP contribution in [0, 0.1) is 6.92 Å². The second kappa shape index (κ2) is 15.9. The number of aryl methyl sites for hydroxylation is 2. The first kappa shape index (κ1) is 34.4. The van der Waals surface area contributed by atoms with Gasteiger partial charge in [-0.2, -0.15) is 0 Å². The van der Waals surface area contributed by atoms with Crippen LogP contribution in [0.5, 0.6) is 0 Å². The molecule has 2 unspecified atom stereocenters. The Hall–Kier alpha value is -5.65. The van der Waals surface area contributed by atoms with Gasteiger partial charge in [0, 0.05) is 62.6 Å². The minimum Gasteiger partial charge on any atom is -0.264 e. The van der Waals surface area contributed by atoms with E-state index in [1.165, 1.54) is 27.0 Å². The first-order chi connectivity index (χ1) is 26.1. The van der Waals surface area contributed by atoms with E-state index in [9.17, 15) is 0 Å². The normalized spacial score (nSPS) is 15.8. The van der Waals surface area contributed by atoms with Gasteiger partial charge in [0.1, 0.15) is 0 Å². The number of para-hydroxylation sites is 1. The molecule has 1 aliphatic rings. The standard InChI is InChI=1S/C48H42N4S/c1-33-13-3-6-23-45(33)53-34(2)14-9-18-39-30-37-16-4-5-22-44(37)52-46(39)38-19-10-17-36(29-38)41-25-24-35(15-7-8-26-49-32-41)43-31-40-20-11-27-50-47(40)48-42(43)21-12-28-51-48/h3-8,10-13,16-17,19-32,34-35H,9,14-15,18H2,1-2H3/b8-7-,25-24?,41-32?,49-26?. The van der Waals surface area contributed by atoms with E-state index in [0.29, 0.717) is 5.25 Å². The first-order valence-electron chi connectivity index (χ1n) is 18.5. The summed E-state index contributed by atoms with van der Waals surface area (Å²) >= 11 is 1.98. The lowest BCUT2D eigenvalue weighted by Crippen LogP contribution is -2.01. The molecule has 53 heavy (non-hydrogen) atoms. The van der Waals surface area contributed by atoms with E-state index in [1.54, 1.807) is 0 Å². The molecule has 0 fully saturated rings. The Balaban J connectivity index is 1.11. The second-order valence-corrected chi connectivity index (χ2v) is 15.3. The summed E-state index contributed by atoms with van der Waals surface area (Å²) in [6.45, 7) is 4.55. The summed E-state index contributed by atoms with van der Waals surface area (Å²) in [6, 6.07) is 38.9. The van der Waals surface area contributed by atoms with Gasteiger partial charge in [0.05, 0.1) is 22.2 Å². The van der Waals surface area contributed by atoms with Crippen molar-refractivity contribution in [2.45, 2.75) is 55.6 Å². The van der Waals surface area contributed by atoms with Gasteiger partial charge in [0.15, 0.2) is 0 Å². The third kappa shape index (κ3) is 7.77. The van der Waals surface area contributed by atoms with Gasteiger partial charge in [-0.25, -0.2) is 4.98 Å². The van der Waals surface area contributed by atoms with Crippen LogP contribution in [0.2, 0.25) is 0 Å². The number of hydrogen-bond donors (Lipinski definition) is 0. The highest BCUT2D eigenvalue weighted by Crippen LogP contribution is 2.36. The number of fused-ring (bicyclic) bond motifs is 4. The summed E-state index contributed by atoms with van der Waals surface area (Å²) in [7, 11) is 0. The van der Waals surface area contributed by atoms with Crippen LogP contribution in [-0.2, 0) is 6.42 Å². The third-order valence-corrected chi connectivity index (χ3v) is 11.4. The molecule has 7 aromatic rings. The van der Waals surface area contributed by atoms with E-state index in [0.717, 1.165) is 75.4 Å². The molecule has 5 heteroatoms. The Bertz CT molecular complexity index is 2550. The molecule has 3 aromatic heterocycles. The van der Waals surface area contributed by atoms with E-state index < -0.39 is 0 Å². The van der Waals surface area contributed by atoms with Crippen molar-refractivity contribution in [3.63, 3.8) is 0 Å². The highest BCUT2D eigenvalue weighted by Gasteiger charge is 2.17. The van der Waals surface area contributed by atoms with Crippen molar-refractivity contribution in [3.05, 3.63) is 174 Å². The zero-order valence-corrected chi connectivity index (χ0v) is 31.0. The highest BCUT2D eigenvalue weighted by atomic mass is 32.2. The predicted octanol–water partition coefficient (Wildman–Crippen LogP) is 12.5. The van der Waals surface area contributed by atoms with Crippen LogP contribution in [0.25, 0.3) is 49.5 Å². The Morgan fingerprint density at radius 1 is 0.792 bits per heavy atom.